The minimum atomic E-state index is 0. The molecular formula is C40H40N4OPt. The summed E-state index contributed by atoms with van der Waals surface area (Å²) in [5.74, 6) is 3.44. The van der Waals surface area contributed by atoms with Crippen molar-refractivity contribution in [1.29, 1.82) is 0 Å². The summed E-state index contributed by atoms with van der Waals surface area (Å²) in [7, 11) is 0. The number of nitrogens with zero attached hydrogens (tertiary/aromatic N) is 4. The first-order chi connectivity index (χ1) is 21.7. The van der Waals surface area contributed by atoms with Crippen molar-refractivity contribution in [3.8, 4) is 23.0 Å². The molecule has 3 aromatic carbocycles. The van der Waals surface area contributed by atoms with Gasteiger partial charge in [-0.2, -0.15) is 11.2 Å². The summed E-state index contributed by atoms with van der Waals surface area (Å²) in [4.78, 5) is 4.72. The van der Waals surface area contributed by atoms with Crippen molar-refractivity contribution in [2.24, 2.45) is 5.92 Å². The largest absolute Gasteiger partial charge is 2.00 e. The number of benzene rings is 3. The number of allylic oxidation sites excluding steroid dienone is 2. The molecule has 6 aromatic rings. The van der Waals surface area contributed by atoms with Crippen LogP contribution in [0.1, 0.15) is 80.5 Å². The second kappa shape index (κ2) is 12.7. The van der Waals surface area contributed by atoms with Crippen molar-refractivity contribution in [3.05, 3.63) is 119 Å². The number of pyridine rings is 1. The molecule has 46 heavy (non-hydrogen) atoms. The summed E-state index contributed by atoms with van der Waals surface area (Å²) < 4.78 is 10.8. The maximum absolute atomic E-state index is 6.58. The summed E-state index contributed by atoms with van der Waals surface area (Å²) in [5.41, 5.74) is 10.3. The molecule has 0 saturated carbocycles. The molecule has 0 aliphatic heterocycles. The van der Waals surface area contributed by atoms with Crippen molar-refractivity contribution in [2.75, 3.05) is 0 Å². The molecular weight excluding hydrogens is 748 g/mol. The quantitative estimate of drug-likeness (QED) is 0.125. The van der Waals surface area contributed by atoms with Gasteiger partial charge in [0.05, 0.1) is 5.69 Å². The van der Waals surface area contributed by atoms with Gasteiger partial charge < -0.3 is 9.30 Å². The van der Waals surface area contributed by atoms with E-state index in [0.717, 1.165) is 51.0 Å². The first kappa shape index (κ1) is 32.0. The second-order valence-electron chi connectivity index (χ2n) is 13.0. The van der Waals surface area contributed by atoms with Crippen LogP contribution in [0.4, 0.5) is 0 Å². The van der Waals surface area contributed by atoms with Gasteiger partial charge >= 0.3 is 21.1 Å². The Morgan fingerprint density at radius 3 is 2.48 bits per heavy atom. The Balaban J connectivity index is 0.00000372. The minimum absolute atomic E-state index is 0. The topological polar surface area (TPSA) is 44.9 Å². The third kappa shape index (κ3) is 5.64. The average molecular weight is 788 g/mol. The molecule has 0 radical (unpaired) electrons. The molecule has 2 atom stereocenters. The molecule has 0 saturated heterocycles. The molecule has 236 valence electrons. The molecule has 0 fully saturated rings. The van der Waals surface area contributed by atoms with Crippen molar-refractivity contribution >= 4 is 21.8 Å². The van der Waals surface area contributed by atoms with E-state index in [-0.39, 0.29) is 21.1 Å². The molecule has 0 amide bonds. The summed E-state index contributed by atoms with van der Waals surface area (Å²) >= 11 is 0. The molecule has 3 heterocycles. The van der Waals surface area contributed by atoms with E-state index in [1.807, 2.05) is 18.3 Å². The Kier molecular flexibility index (Phi) is 8.82. The van der Waals surface area contributed by atoms with Gasteiger partial charge in [-0.05, 0) is 87.2 Å². The molecule has 6 heteroatoms. The summed E-state index contributed by atoms with van der Waals surface area (Å²) in [5, 5.41) is 7.34. The standard InChI is InChI=1S/C40H40N4O.Pt/c1-24(2)30-20-31(44-29(7)40(28(6)42-44)39-26(4)11-10-12-27(39)5)22-33(21-30)45-32-15-16-35-34-13-8-9-14-36(34)43(37(35)23-32)38-19-25(3)17-18-41-38;/h8-9,11,13-21,24,27,39H,10,12H2,1-7H3;/q-2;+2/t27-,39?;/m0./s1. The van der Waals surface area contributed by atoms with Gasteiger partial charge in [0.1, 0.15) is 5.82 Å². The van der Waals surface area contributed by atoms with E-state index < -0.39 is 0 Å². The third-order valence-corrected chi connectivity index (χ3v) is 9.46. The van der Waals surface area contributed by atoms with E-state index in [0.29, 0.717) is 29.3 Å². The van der Waals surface area contributed by atoms with Gasteiger partial charge in [0.25, 0.3) is 0 Å². The number of hydrogen-bond acceptors (Lipinski definition) is 3. The van der Waals surface area contributed by atoms with Gasteiger partial charge in [-0.1, -0.05) is 56.1 Å². The number of rotatable bonds is 6. The predicted molar refractivity (Wildman–Crippen MR) is 183 cm³/mol. The van der Waals surface area contributed by atoms with Crippen LogP contribution in [0, 0.1) is 38.8 Å². The SMILES string of the molecule is CC1=CCC[C@H](C)C1c1c(C)nn(-c2[c-]c(Oc3[c-]c4c(cc3)c3ccccc3n4-c3cc(C)ccn3)cc(C(C)C)c2)c1C.[Pt+2]. The van der Waals surface area contributed by atoms with Crippen LogP contribution < -0.4 is 4.74 Å². The molecule has 0 bridgehead atoms. The molecule has 5 nitrogen and oxygen atoms in total. The number of fused-ring (bicyclic) bond motifs is 3. The van der Waals surface area contributed by atoms with Crippen molar-refractivity contribution < 1.29 is 25.8 Å². The Bertz CT molecular complexity index is 2100. The average Bonchev–Trinajstić information content (AvgIpc) is 3.50. The first-order valence-corrected chi connectivity index (χ1v) is 16.1. The molecule has 0 spiro atoms. The smallest absolute Gasteiger partial charge is 0.509 e. The van der Waals surface area contributed by atoms with E-state index in [9.17, 15) is 0 Å². The summed E-state index contributed by atoms with van der Waals surface area (Å²) in [6.07, 6.45) is 6.63. The van der Waals surface area contributed by atoms with Gasteiger partial charge in [0.2, 0.25) is 0 Å². The van der Waals surface area contributed by atoms with Crippen LogP contribution in [0.15, 0.2) is 78.5 Å². The number of para-hydroxylation sites is 1. The van der Waals surface area contributed by atoms with Crippen LogP contribution in [0.25, 0.3) is 33.3 Å². The Morgan fingerprint density at radius 2 is 1.72 bits per heavy atom. The van der Waals surface area contributed by atoms with Crippen molar-refractivity contribution in [2.45, 2.75) is 73.1 Å². The van der Waals surface area contributed by atoms with Crippen molar-refractivity contribution in [1.82, 2.24) is 19.3 Å². The number of aromatic nitrogens is 4. The fourth-order valence-corrected chi connectivity index (χ4v) is 7.15. The van der Waals surface area contributed by atoms with E-state index in [4.69, 9.17) is 14.8 Å². The van der Waals surface area contributed by atoms with E-state index in [1.54, 1.807) is 0 Å². The minimum Gasteiger partial charge on any atom is -0.509 e. The first-order valence-electron chi connectivity index (χ1n) is 16.1. The van der Waals surface area contributed by atoms with Crippen LogP contribution >= 0.6 is 0 Å². The van der Waals surface area contributed by atoms with Gasteiger partial charge in [0, 0.05) is 40.4 Å². The molecule has 0 N–H and O–H groups in total. The number of hydrogen-bond donors (Lipinski definition) is 0. The molecule has 1 aliphatic carbocycles. The molecule has 1 aliphatic rings. The second-order valence-corrected chi connectivity index (χ2v) is 13.0. The normalized spacial score (nSPS) is 16.6. The fourth-order valence-electron chi connectivity index (χ4n) is 7.15. The zero-order valence-corrected chi connectivity index (χ0v) is 29.9. The van der Waals surface area contributed by atoms with Crippen LogP contribution in [-0.2, 0) is 21.1 Å². The zero-order chi connectivity index (χ0) is 31.4. The third-order valence-electron chi connectivity index (χ3n) is 9.46. The predicted octanol–water partition coefficient (Wildman–Crippen LogP) is 10.3. The zero-order valence-electron chi connectivity index (χ0n) is 27.6. The fraction of sp³-hybridized carbons (Fsp3) is 0.300. The van der Waals surface area contributed by atoms with E-state index >= 15 is 0 Å². The molecule has 3 aromatic heterocycles. The monoisotopic (exact) mass is 787 g/mol. The van der Waals surface area contributed by atoms with Gasteiger partial charge in [-0.3, -0.25) is 4.68 Å². The summed E-state index contributed by atoms with van der Waals surface area (Å²) in [6.45, 7) is 15.5. The number of ether oxygens (including phenoxy) is 1. The van der Waals surface area contributed by atoms with Gasteiger partial charge in [-0.25, -0.2) is 4.98 Å². The maximum Gasteiger partial charge on any atom is 2.00 e. The van der Waals surface area contributed by atoms with Gasteiger partial charge in [0.15, 0.2) is 0 Å². The maximum atomic E-state index is 6.58. The molecule has 1 unspecified atom stereocenters. The van der Waals surface area contributed by atoms with Crippen LogP contribution in [0.5, 0.6) is 11.5 Å². The molecule has 7 rings (SSSR count). The van der Waals surface area contributed by atoms with Crippen molar-refractivity contribution in [3.63, 3.8) is 0 Å². The Labute approximate surface area is 286 Å². The van der Waals surface area contributed by atoms with E-state index in [2.05, 4.69) is 124 Å². The van der Waals surface area contributed by atoms with Gasteiger partial charge in [-0.15, -0.1) is 41.3 Å². The Morgan fingerprint density at radius 1 is 0.913 bits per heavy atom. The number of aryl methyl sites for hydroxylation is 2. The van der Waals surface area contributed by atoms with Crippen LogP contribution in [0.2, 0.25) is 0 Å². The summed E-state index contributed by atoms with van der Waals surface area (Å²) in [6, 6.07) is 28.1. The Hall–Kier alpha value is -3.95. The van der Waals surface area contributed by atoms with E-state index in [1.165, 1.54) is 28.8 Å². The van der Waals surface area contributed by atoms with Crippen LogP contribution in [0.3, 0.4) is 0 Å². The van der Waals surface area contributed by atoms with Crippen LogP contribution in [-0.4, -0.2) is 19.3 Å².